The summed E-state index contributed by atoms with van der Waals surface area (Å²) in [5.74, 6) is -0.314. The first kappa shape index (κ1) is 21.9. The Labute approximate surface area is 180 Å². The van der Waals surface area contributed by atoms with Crippen LogP contribution in [0.2, 0.25) is 0 Å². The number of nitro benzene ring substituents is 1. The highest BCUT2D eigenvalue weighted by Crippen LogP contribution is 2.34. The Morgan fingerprint density at radius 2 is 1.62 bits per heavy atom. The van der Waals surface area contributed by atoms with Crippen molar-refractivity contribution in [1.82, 2.24) is 15.4 Å². The summed E-state index contributed by atoms with van der Waals surface area (Å²) >= 11 is 0. The minimum Gasteiger partial charge on any atom is -0.497 e. The molecule has 0 bridgehead atoms. The predicted octanol–water partition coefficient (Wildman–Crippen LogP) is 2.78. The largest absolute Gasteiger partial charge is 0.497 e. The van der Waals surface area contributed by atoms with Crippen LogP contribution in [-0.2, 0) is 11.2 Å². The van der Waals surface area contributed by atoms with Crippen molar-refractivity contribution in [3.05, 3.63) is 80.7 Å². The van der Waals surface area contributed by atoms with Gasteiger partial charge in [-0.2, -0.15) is 4.98 Å². The number of amides is 1. The summed E-state index contributed by atoms with van der Waals surface area (Å²) < 4.78 is 10.5. The molecule has 32 heavy (non-hydrogen) atoms. The maximum atomic E-state index is 12.2. The Balaban J connectivity index is 1.70. The average Bonchev–Trinajstić information content (AvgIpc) is 2.78. The molecule has 0 spiro atoms. The fourth-order valence-corrected chi connectivity index (χ4v) is 2.54. The summed E-state index contributed by atoms with van der Waals surface area (Å²) in [6.45, 7) is 0. The molecule has 1 heterocycles. The fourth-order valence-electron chi connectivity index (χ4n) is 2.54. The van der Waals surface area contributed by atoms with E-state index in [4.69, 9.17) is 9.47 Å². The zero-order valence-electron chi connectivity index (χ0n) is 16.5. The molecule has 0 saturated carbocycles. The van der Waals surface area contributed by atoms with Crippen LogP contribution in [0.5, 0.6) is 17.4 Å². The normalized spacial score (nSPS) is 10.2. The van der Waals surface area contributed by atoms with Crippen molar-refractivity contribution in [2.75, 3.05) is 12.5 Å². The first-order valence-electron chi connectivity index (χ1n) is 8.97. The Bertz CT molecular complexity index is 1140. The molecule has 3 aromatic rings. The summed E-state index contributed by atoms with van der Waals surface area (Å²) in [6.07, 6.45) is 0.912. The molecule has 0 aliphatic rings. The number of hydrazine groups is 1. The van der Waals surface area contributed by atoms with Crippen LogP contribution in [-0.4, -0.2) is 32.8 Å². The predicted molar refractivity (Wildman–Crippen MR) is 110 cm³/mol. The van der Waals surface area contributed by atoms with E-state index in [0.29, 0.717) is 11.3 Å². The van der Waals surface area contributed by atoms with Crippen molar-refractivity contribution < 1.29 is 24.1 Å². The lowest BCUT2D eigenvalue weighted by molar-refractivity contribution is -0.385. The van der Waals surface area contributed by atoms with Gasteiger partial charge in [-0.25, -0.2) is 4.98 Å². The van der Waals surface area contributed by atoms with E-state index < -0.39 is 21.4 Å². The number of carbonyl (C=O) groups excluding carboxylic acids is 1. The number of nitrogens with one attached hydrogen (secondary N) is 2. The number of rotatable bonds is 9. The number of ether oxygens (including phenoxy) is 2. The molecule has 0 unspecified atom stereocenters. The van der Waals surface area contributed by atoms with E-state index in [-0.39, 0.29) is 29.6 Å². The van der Waals surface area contributed by atoms with E-state index >= 15 is 0 Å². The zero-order valence-corrected chi connectivity index (χ0v) is 16.5. The standard InChI is InChI=1S/C19H16N6O7/c1-31-14-6-8-15(9-7-14)32-19-17(25(29)30)18(20-11-21-19)23-22-16(26)10-12-2-4-13(5-3-12)24(27)28/h2-9,11H,10H2,1H3,(H,22,26)(H,20,21,23). The van der Waals surface area contributed by atoms with Gasteiger partial charge in [0.1, 0.15) is 17.8 Å². The van der Waals surface area contributed by atoms with Crippen LogP contribution >= 0.6 is 0 Å². The molecular weight excluding hydrogens is 424 g/mol. The molecule has 2 aromatic carbocycles. The molecule has 0 aliphatic heterocycles. The van der Waals surface area contributed by atoms with E-state index in [0.717, 1.165) is 6.33 Å². The van der Waals surface area contributed by atoms with Crippen LogP contribution in [0.25, 0.3) is 0 Å². The third kappa shape index (κ3) is 5.41. The number of non-ortho nitro benzene ring substituents is 1. The molecule has 3 rings (SSSR count). The van der Waals surface area contributed by atoms with E-state index in [1.807, 2.05) is 0 Å². The van der Waals surface area contributed by atoms with Crippen LogP contribution in [0.4, 0.5) is 17.2 Å². The number of benzene rings is 2. The summed E-state index contributed by atoms with van der Waals surface area (Å²) in [6, 6.07) is 11.7. The highest BCUT2D eigenvalue weighted by atomic mass is 16.6. The number of nitrogens with zero attached hydrogens (tertiary/aromatic N) is 4. The first-order chi connectivity index (χ1) is 15.4. The molecule has 1 aromatic heterocycles. The quantitative estimate of drug-likeness (QED) is 0.372. The second kappa shape index (κ2) is 9.80. The Hall–Kier alpha value is -4.81. The number of aromatic nitrogens is 2. The van der Waals surface area contributed by atoms with Crippen LogP contribution in [0.3, 0.4) is 0 Å². The molecule has 13 heteroatoms. The maximum absolute atomic E-state index is 12.2. The third-order valence-electron chi connectivity index (χ3n) is 4.08. The molecule has 164 valence electrons. The van der Waals surface area contributed by atoms with Crippen molar-refractivity contribution >= 4 is 23.1 Å². The summed E-state index contributed by atoms with van der Waals surface area (Å²) in [5.41, 5.74) is 4.51. The van der Waals surface area contributed by atoms with Gasteiger partial charge in [0.05, 0.1) is 23.4 Å². The molecule has 0 atom stereocenters. The van der Waals surface area contributed by atoms with Crippen molar-refractivity contribution in [2.24, 2.45) is 0 Å². The molecule has 13 nitrogen and oxygen atoms in total. The van der Waals surface area contributed by atoms with Crippen LogP contribution in [0.15, 0.2) is 54.9 Å². The van der Waals surface area contributed by atoms with Gasteiger partial charge in [-0.3, -0.25) is 35.9 Å². The average molecular weight is 440 g/mol. The first-order valence-corrected chi connectivity index (χ1v) is 8.97. The monoisotopic (exact) mass is 440 g/mol. The molecular formula is C19H16N6O7. The number of anilines is 1. The van der Waals surface area contributed by atoms with Gasteiger partial charge in [-0.15, -0.1) is 0 Å². The van der Waals surface area contributed by atoms with Crippen molar-refractivity contribution in [3.8, 4) is 17.4 Å². The second-order valence-electron chi connectivity index (χ2n) is 6.18. The lowest BCUT2D eigenvalue weighted by Gasteiger charge is -2.10. The SMILES string of the molecule is COc1ccc(Oc2ncnc(NNC(=O)Cc3ccc([N+](=O)[O-])cc3)c2[N+](=O)[O-])cc1. The lowest BCUT2D eigenvalue weighted by Crippen LogP contribution is -2.31. The number of hydrogen-bond donors (Lipinski definition) is 2. The maximum Gasteiger partial charge on any atom is 0.374 e. The van der Waals surface area contributed by atoms with Crippen molar-refractivity contribution in [2.45, 2.75) is 6.42 Å². The van der Waals surface area contributed by atoms with Gasteiger partial charge < -0.3 is 9.47 Å². The van der Waals surface area contributed by atoms with E-state index in [1.165, 1.54) is 31.4 Å². The number of hydrogen-bond acceptors (Lipinski definition) is 10. The highest BCUT2D eigenvalue weighted by Gasteiger charge is 2.25. The lowest BCUT2D eigenvalue weighted by atomic mass is 10.1. The van der Waals surface area contributed by atoms with Crippen LogP contribution in [0.1, 0.15) is 5.56 Å². The van der Waals surface area contributed by atoms with Gasteiger partial charge >= 0.3 is 11.6 Å². The number of nitro groups is 2. The van der Waals surface area contributed by atoms with Crippen LogP contribution in [0, 0.1) is 20.2 Å². The van der Waals surface area contributed by atoms with Gasteiger partial charge in [-0.1, -0.05) is 12.1 Å². The molecule has 0 radical (unpaired) electrons. The highest BCUT2D eigenvalue weighted by molar-refractivity contribution is 5.80. The summed E-state index contributed by atoms with van der Waals surface area (Å²) in [5, 5.41) is 22.3. The summed E-state index contributed by atoms with van der Waals surface area (Å²) in [7, 11) is 1.50. The molecule has 0 aliphatic carbocycles. The van der Waals surface area contributed by atoms with E-state index in [1.54, 1.807) is 24.3 Å². The zero-order chi connectivity index (χ0) is 23.1. The van der Waals surface area contributed by atoms with Gasteiger partial charge in [0.25, 0.3) is 5.69 Å². The minimum atomic E-state index is -0.746. The van der Waals surface area contributed by atoms with Gasteiger partial charge in [0.15, 0.2) is 0 Å². The van der Waals surface area contributed by atoms with E-state index in [2.05, 4.69) is 20.8 Å². The molecule has 0 fully saturated rings. The topological polar surface area (TPSA) is 172 Å². The van der Waals surface area contributed by atoms with Gasteiger partial charge in [-0.05, 0) is 29.8 Å². The van der Waals surface area contributed by atoms with Gasteiger partial charge in [0, 0.05) is 12.1 Å². The second-order valence-corrected chi connectivity index (χ2v) is 6.18. The third-order valence-corrected chi connectivity index (χ3v) is 4.08. The molecule has 1 amide bonds. The Kier molecular flexibility index (Phi) is 6.70. The smallest absolute Gasteiger partial charge is 0.374 e. The van der Waals surface area contributed by atoms with Crippen molar-refractivity contribution in [3.63, 3.8) is 0 Å². The van der Waals surface area contributed by atoms with Gasteiger partial charge in [0.2, 0.25) is 11.7 Å². The van der Waals surface area contributed by atoms with Crippen molar-refractivity contribution in [1.29, 1.82) is 0 Å². The molecule has 2 N–H and O–H groups in total. The van der Waals surface area contributed by atoms with E-state index in [9.17, 15) is 25.0 Å². The Morgan fingerprint density at radius 1 is 0.969 bits per heavy atom. The minimum absolute atomic E-state index is 0.103. The van der Waals surface area contributed by atoms with Crippen LogP contribution < -0.4 is 20.3 Å². The molecule has 0 saturated heterocycles. The summed E-state index contributed by atoms with van der Waals surface area (Å²) in [4.78, 5) is 40.7. The fraction of sp³-hybridized carbons (Fsp3) is 0.105. The number of methoxy groups -OCH3 is 1. The Morgan fingerprint density at radius 3 is 2.22 bits per heavy atom. The number of carbonyl (C=O) groups is 1.